The van der Waals surface area contributed by atoms with Crippen LogP contribution < -0.4 is 5.32 Å². The largest absolute Gasteiger partial charge is 0.379 e. The highest BCUT2D eigenvalue weighted by molar-refractivity contribution is 5.18. The third kappa shape index (κ3) is 2.13. The first kappa shape index (κ1) is 10.3. The minimum atomic E-state index is 0.432. The Kier molecular flexibility index (Phi) is 2.93. The number of hydrogen-bond acceptors (Lipinski definition) is 3. The standard InChI is InChI=1S/C12H19N3O/c1-2-4-11-10(3-1)14-12(15-11)7-9-8-16-6-5-13-9/h9,13H,1-8H2,(H,14,15). The molecule has 4 nitrogen and oxygen atoms in total. The number of aromatic amines is 1. The molecule has 4 heteroatoms. The Hall–Kier alpha value is -0.870. The molecule has 0 bridgehead atoms. The average molecular weight is 221 g/mol. The first-order chi connectivity index (χ1) is 7.92. The average Bonchev–Trinajstić information content (AvgIpc) is 2.72. The van der Waals surface area contributed by atoms with Gasteiger partial charge in [-0.3, -0.25) is 0 Å². The molecule has 2 N–H and O–H groups in total. The van der Waals surface area contributed by atoms with E-state index in [1.165, 1.54) is 30.7 Å². The zero-order chi connectivity index (χ0) is 10.8. The zero-order valence-electron chi connectivity index (χ0n) is 9.59. The van der Waals surface area contributed by atoms with Crippen molar-refractivity contribution in [1.29, 1.82) is 0 Å². The molecule has 0 spiro atoms. The number of nitrogens with zero attached hydrogens (tertiary/aromatic N) is 1. The molecule has 88 valence electrons. The summed E-state index contributed by atoms with van der Waals surface area (Å²) >= 11 is 0. The van der Waals surface area contributed by atoms with Crippen molar-refractivity contribution in [1.82, 2.24) is 15.3 Å². The van der Waals surface area contributed by atoms with Gasteiger partial charge in [-0.15, -0.1) is 0 Å². The van der Waals surface area contributed by atoms with E-state index in [0.29, 0.717) is 6.04 Å². The van der Waals surface area contributed by atoms with Gasteiger partial charge in [0, 0.05) is 24.7 Å². The predicted octanol–water partition coefficient (Wildman–Crippen LogP) is 0.819. The van der Waals surface area contributed by atoms with E-state index in [9.17, 15) is 0 Å². The number of rotatable bonds is 2. The number of imidazole rings is 1. The number of H-pyrrole nitrogens is 1. The second-order valence-corrected chi connectivity index (χ2v) is 4.75. The van der Waals surface area contributed by atoms with Gasteiger partial charge in [-0.05, 0) is 25.7 Å². The van der Waals surface area contributed by atoms with Crippen LogP contribution in [0, 0.1) is 0 Å². The van der Waals surface area contributed by atoms with Gasteiger partial charge in [0.1, 0.15) is 5.82 Å². The minimum absolute atomic E-state index is 0.432. The van der Waals surface area contributed by atoms with Crippen LogP contribution in [0.15, 0.2) is 0 Å². The molecule has 1 aliphatic heterocycles. The molecule has 0 amide bonds. The monoisotopic (exact) mass is 221 g/mol. The number of morpholine rings is 1. The summed E-state index contributed by atoms with van der Waals surface area (Å²) in [5, 5.41) is 3.46. The van der Waals surface area contributed by atoms with Crippen molar-refractivity contribution >= 4 is 0 Å². The van der Waals surface area contributed by atoms with Crippen LogP contribution in [0.1, 0.15) is 30.1 Å². The van der Waals surface area contributed by atoms with Crippen molar-refractivity contribution < 1.29 is 4.74 Å². The van der Waals surface area contributed by atoms with E-state index in [2.05, 4.69) is 10.3 Å². The topological polar surface area (TPSA) is 49.9 Å². The summed E-state index contributed by atoms with van der Waals surface area (Å²) < 4.78 is 5.45. The van der Waals surface area contributed by atoms with E-state index in [-0.39, 0.29) is 0 Å². The highest BCUT2D eigenvalue weighted by Gasteiger charge is 2.18. The predicted molar refractivity (Wildman–Crippen MR) is 61.5 cm³/mol. The Morgan fingerprint density at radius 2 is 2.25 bits per heavy atom. The Labute approximate surface area is 95.8 Å². The number of aromatic nitrogens is 2. The fraction of sp³-hybridized carbons (Fsp3) is 0.750. The first-order valence-corrected chi connectivity index (χ1v) is 6.29. The summed E-state index contributed by atoms with van der Waals surface area (Å²) in [6, 6.07) is 0.432. The molecule has 1 saturated heterocycles. The molecule has 0 saturated carbocycles. The van der Waals surface area contributed by atoms with Crippen molar-refractivity contribution in [3.8, 4) is 0 Å². The van der Waals surface area contributed by atoms with Crippen molar-refractivity contribution in [3.05, 3.63) is 17.2 Å². The SMILES string of the molecule is C1CCc2[nH]c(CC3COCCN3)nc2C1. The second-order valence-electron chi connectivity index (χ2n) is 4.75. The molecule has 3 rings (SSSR count). The molecular weight excluding hydrogens is 202 g/mol. The third-order valence-corrected chi connectivity index (χ3v) is 3.44. The summed E-state index contributed by atoms with van der Waals surface area (Å²) in [7, 11) is 0. The van der Waals surface area contributed by atoms with Crippen molar-refractivity contribution in [2.45, 2.75) is 38.1 Å². The molecule has 1 aromatic heterocycles. The lowest BCUT2D eigenvalue weighted by Crippen LogP contribution is -2.42. The lowest BCUT2D eigenvalue weighted by Gasteiger charge is -2.22. The number of aryl methyl sites for hydroxylation is 2. The van der Waals surface area contributed by atoms with Gasteiger partial charge in [-0.2, -0.15) is 0 Å². The van der Waals surface area contributed by atoms with Gasteiger partial charge in [0.05, 0.1) is 18.9 Å². The van der Waals surface area contributed by atoms with Gasteiger partial charge in [-0.25, -0.2) is 4.98 Å². The van der Waals surface area contributed by atoms with Crippen LogP contribution in [0.2, 0.25) is 0 Å². The van der Waals surface area contributed by atoms with E-state index in [1.54, 1.807) is 0 Å². The maximum absolute atomic E-state index is 5.45. The molecule has 0 radical (unpaired) electrons. The number of hydrogen-bond donors (Lipinski definition) is 2. The second kappa shape index (κ2) is 4.55. The van der Waals surface area contributed by atoms with Crippen LogP contribution in [0.5, 0.6) is 0 Å². The van der Waals surface area contributed by atoms with Gasteiger partial charge in [0.25, 0.3) is 0 Å². The molecular formula is C12H19N3O. The van der Waals surface area contributed by atoms with Gasteiger partial charge in [-0.1, -0.05) is 0 Å². The Bertz CT molecular complexity index is 332. The lowest BCUT2D eigenvalue weighted by molar-refractivity contribution is 0.0764. The van der Waals surface area contributed by atoms with Gasteiger partial charge in [0.15, 0.2) is 0 Å². The van der Waals surface area contributed by atoms with Crippen LogP contribution in [0.3, 0.4) is 0 Å². The zero-order valence-corrected chi connectivity index (χ0v) is 9.59. The van der Waals surface area contributed by atoms with Crippen LogP contribution in [-0.4, -0.2) is 35.8 Å². The minimum Gasteiger partial charge on any atom is -0.379 e. The van der Waals surface area contributed by atoms with Crippen LogP contribution in [0.25, 0.3) is 0 Å². The third-order valence-electron chi connectivity index (χ3n) is 3.44. The molecule has 0 aromatic carbocycles. The molecule has 1 aromatic rings. The van der Waals surface area contributed by atoms with Crippen LogP contribution in [0.4, 0.5) is 0 Å². The lowest BCUT2D eigenvalue weighted by atomic mass is 10.0. The maximum atomic E-state index is 5.45. The van der Waals surface area contributed by atoms with E-state index in [1.807, 2.05) is 0 Å². The number of nitrogens with one attached hydrogen (secondary N) is 2. The van der Waals surface area contributed by atoms with E-state index >= 15 is 0 Å². The van der Waals surface area contributed by atoms with Crippen molar-refractivity contribution in [2.75, 3.05) is 19.8 Å². The first-order valence-electron chi connectivity index (χ1n) is 6.29. The highest BCUT2D eigenvalue weighted by atomic mass is 16.5. The van der Waals surface area contributed by atoms with Gasteiger partial charge in [0.2, 0.25) is 0 Å². The van der Waals surface area contributed by atoms with Gasteiger partial charge >= 0.3 is 0 Å². The Morgan fingerprint density at radius 1 is 1.31 bits per heavy atom. The normalized spacial score (nSPS) is 25.4. The molecule has 1 aliphatic carbocycles. The van der Waals surface area contributed by atoms with Crippen molar-refractivity contribution in [2.24, 2.45) is 0 Å². The Balaban J connectivity index is 1.67. The number of fused-ring (bicyclic) bond motifs is 1. The maximum Gasteiger partial charge on any atom is 0.108 e. The molecule has 2 heterocycles. The number of ether oxygens (including phenoxy) is 1. The quantitative estimate of drug-likeness (QED) is 0.777. The van der Waals surface area contributed by atoms with Crippen molar-refractivity contribution in [3.63, 3.8) is 0 Å². The highest BCUT2D eigenvalue weighted by Crippen LogP contribution is 2.19. The summed E-state index contributed by atoms with van der Waals surface area (Å²) in [6.07, 6.45) is 5.89. The fourth-order valence-corrected chi connectivity index (χ4v) is 2.59. The smallest absolute Gasteiger partial charge is 0.108 e. The molecule has 1 atom stereocenters. The van der Waals surface area contributed by atoms with E-state index in [4.69, 9.17) is 9.72 Å². The van der Waals surface area contributed by atoms with Gasteiger partial charge < -0.3 is 15.0 Å². The molecule has 1 unspecified atom stereocenters. The molecule has 16 heavy (non-hydrogen) atoms. The van der Waals surface area contributed by atoms with Crippen LogP contribution >= 0.6 is 0 Å². The molecule has 2 aliphatic rings. The summed E-state index contributed by atoms with van der Waals surface area (Å²) in [5.74, 6) is 1.13. The summed E-state index contributed by atoms with van der Waals surface area (Å²) in [4.78, 5) is 8.17. The van der Waals surface area contributed by atoms with Crippen LogP contribution in [-0.2, 0) is 24.0 Å². The fourth-order valence-electron chi connectivity index (χ4n) is 2.59. The summed E-state index contributed by atoms with van der Waals surface area (Å²) in [6.45, 7) is 2.61. The van der Waals surface area contributed by atoms with E-state index in [0.717, 1.165) is 38.4 Å². The Morgan fingerprint density at radius 3 is 3.06 bits per heavy atom. The van der Waals surface area contributed by atoms with E-state index < -0.39 is 0 Å². The summed E-state index contributed by atoms with van der Waals surface area (Å²) in [5.41, 5.74) is 2.68. The molecule has 1 fully saturated rings.